The van der Waals surface area contributed by atoms with Gasteiger partial charge in [0.25, 0.3) is 0 Å². The summed E-state index contributed by atoms with van der Waals surface area (Å²) < 4.78 is 13.6. The molecule has 0 aromatic heterocycles. The first-order valence-corrected chi connectivity index (χ1v) is 7.15. The van der Waals surface area contributed by atoms with Crippen molar-refractivity contribution in [1.29, 1.82) is 0 Å². The van der Waals surface area contributed by atoms with Gasteiger partial charge in [0.05, 0.1) is 10.7 Å². The topological polar surface area (TPSA) is 78.6 Å². The predicted molar refractivity (Wildman–Crippen MR) is 83.1 cm³/mol. The summed E-state index contributed by atoms with van der Waals surface area (Å²) in [6.45, 7) is 0. The van der Waals surface area contributed by atoms with E-state index in [1.807, 2.05) is 0 Å². The second-order valence-electron chi connectivity index (χ2n) is 4.98. The number of thiocarbonyl (C=S) groups is 2. The van der Waals surface area contributed by atoms with Crippen molar-refractivity contribution in [2.24, 2.45) is 0 Å². The summed E-state index contributed by atoms with van der Waals surface area (Å²) >= 11 is 10.3. The molecular weight excluding hydrogens is 313 g/mol. The summed E-state index contributed by atoms with van der Waals surface area (Å²) in [5.74, 6) is -0.918. The van der Waals surface area contributed by atoms with Crippen molar-refractivity contribution in [2.75, 3.05) is 5.73 Å². The number of nitrogens with zero attached hydrogens (tertiary/aromatic N) is 1. The van der Waals surface area contributed by atoms with Crippen molar-refractivity contribution < 1.29 is 14.3 Å². The molecule has 110 valence electrons. The number of anilines is 1. The molecular formula is C13H12FN3O2S2. The molecule has 2 aliphatic heterocycles. The number of carbonyl (C=O) groups is 1. The number of amides is 1. The molecule has 0 radical (unpaired) electrons. The van der Waals surface area contributed by atoms with E-state index in [4.69, 9.17) is 30.2 Å². The number of fused-ring (bicyclic) bond motifs is 1. The standard InChI is InChI=1S/C13H12FN3O2S2/c14-6-2-1-5-9(10(6)15)13(21)17(12(5)19)7-3-4-8(20)16-11(7)18/h1-2,7,12,19H,3-4,15H2,(H,16,18,20). The summed E-state index contributed by atoms with van der Waals surface area (Å²) in [6, 6.07) is 1.97. The number of nitrogen functional groups attached to an aromatic ring is 1. The van der Waals surface area contributed by atoms with E-state index >= 15 is 0 Å². The molecule has 2 heterocycles. The van der Waals surface area contributed by atoms with E-state index in [9.17, 15) is 14.3 Å². The van der Waals surface area contributed by atoms with Crippen LogP contribution in [0.5, 0.6) is 0 Å². The summed E-state index contributed by atoms with van der Waals surface area (Å²) in [4.78, 5) is 14.1. The Morgan fingerprint density at radius 1 is 1.43 bits per heavy atom. The van der Waals surface area contributed by atoms with Crippen LogP contribution in [0.3, 0.4) is 0 Å². The van der Waals surface area contributed by atoms with Crippen LogP contribution in [0.2, 0.25) is 0 Å². The van der Waals surface area contributed by atoms with Crippen molar-refractivity contribution in [2.45, 2.75) is 25.1 Å². The Morgan fingerprint density at radius 2 is 2.14 bits per heavy atom. The SMILES string of the molecule is Nc1c(F)ccc2c1C(=S)N(C1CCC(=S)NC1=O)C2O. The molecule has 0 saturated carbocycles. The van der Waals surface area contributed by atoms with Gasteiger partial charge in [-0.25, -0.2) is 4.39 Å². The monoisotopic (exact) mass is 325 g/mol. The van der Waals surface area contributed by atoms with Crippen LogP contribution in [-0.2, 0) is 4.79 Å². The van der Waals surface area contributed by atoms with E-state index in [1.54, 1.807) is 0 Å². The molecule has 0 bridgehead atoms. The molecule has 0 aliphatic carbocycles. The number of nitrogens with one attached hydrogen (secondary N) is 1. The van der Waals surface area contributed by atoms with Gasteiger partial charge in [-0.3, -0.25) is 4.79 Å². The van der Waals surface area contributed by atoms with Crippen LogP contribution in [0.15, 0.2) is 12.1 Å². The van der Waals surface area contributed by atoms with Gasteiger partial charge in [-0.2, -0.15) is 0 Å². The summed E-state index contributed by atoms with van der Waals surface area (Å²) in [6.07, 6.45) is -0.145. The van der Waals surface area contributed by atoms with Crippen molar-refractivity contribution in [3.05, 3.63) is 29.1 Å². The fourth-order valence-corrected chi connectivity index (χ4v) is 3.39. The Balaban J connectivity index is 2.00. The number of rotatable bonds is 1. The fraction of sp³-hybridized carbons (Fsp3) is 0.308. The van der Waals surface area contributed by atoms with Crippen LogP contribution in [0, 0.1) is 5.82 Å². The number of aliphatic hydroxyl groups is 1. The Labute approximate surface area is 130 Å². The molecule has 2 unspecified atom stereocenters. The number of benzene rings is 1. The number of piperidine rings is 1. The lowest BCUT2D eigenvalue weighted by molar-refractivity contribution is -0.127. The third-order valence-corrected chi connectivity index (χ3v) is 4.48. The van der Waals surface area contributed by atoms with Gasteiger partial charge in [-0.05, 0) is 12.5 Å². The van der Waals surface area contributed by atoms with Crippen LogP contribution in [-0.4, -0.2) is 31.9 Å². The van der Waals surface area contributed by atoms with Gasteiger partial charge in [0, 0.05) is 17.5 Å². The largest absolute Gasteiger partial charge is 0.396 e. The molecule has 1 aromatic rings. The van der Waals surface area contributed by atoms with E-state index in [0.717, 1.165) is 0 Å². The van der Waals surface area contributed by atoms with Gasteiger partial charge < -0.3 is 21.1 Å². The highest BCUT2D eigenvalue weighted by molar-refractivity contribution is 7.80. The van der Waals surface area contributed by atoms with Crippen LogP contribution in [0.1, 0.15) is 30.2 Å². The van der Waals surface area contributed by atoms with E-state index in [1.165, 1.54) is 17.0 Å². The zero-order valence-corrected chi connectivity index (χ0v) is 12.4. The Morgan fingerprint density at radius 3 is 2.81 bits per heavy atom. The highest BCUT2D eigenvalue weighted by Crippen LogP contribution is 2.39. The molecule has 5 nitrogen and oxygen atoms in total. The van der Waals surface area contributed by atoms with Gasteiger partial charge in [-0.15, -0.1) is 0 Å². The van der Waals surface area contributed by atoms with Gasteiger partial charge in [-0.1, -0.05) is 30.5 Å². The Bertz CT molecular complexity index is 680. The Kier molecular flexibility index (Phi) is 3.39. The van der Waals surface area contributed by atoms with Crippen molar-refractivity contribution in [3.63, 3.8) is 0 Å². The number of aliphatic hydroxyl groups excluding tert-OH is 1. The molecule has 8 heteroatoms. The average Bonchev–Trinajstić information content (AvgIpc) is 2.67. The number of halogens is 1. The third kappa shape index (κ3) is 2.10. The van der Waals surface area contributed by atoms with Gasteiger partial charge in [0.2, 0.25) is 5.91 Å². The van der Waals surface area contributed by atoms with Crippen LogP contribution >= 0.6 is 24.4 Å². The predicted octanol–water partition coefficient (Wildman–Crippen LogP) is 0.996. The molecule has 2 aliphatic rings. The van der Waals surface area contributed by atoms with Crippen LogP contribution in [0.4, 0.5) is 10.1 Å². The molecule has 21 heavy (non-hydrogen) atoms. The molecule has 1 aromatic carbocycles. The van der Waals surface area contributed by atoms with E-state index in [2.05, 4.69) is 5.32 Å². The first kappa shape index (κ1) is 14.3. The molecule has 1 amide bonds. The molecule has 1 fully saturated rings. The number of hydrogen-bond acceptors (Lipinski definition) is 5. The summed E-state index contributed by atoms with van der Waals surface area (Å²) in [5, 5.41) is 13.0. The minimum atomic E-state index is -1.11. The van der Waals surface area contributed by atoms with E-state index in [0.29, 0.717) is 29.0 Å². The van der Waals surface area contributed by atoms with Gasteiger partial charge >= 0.3 is 0 Å². The van der Waals surface area contributed by atoms with Crippen molar-refractivity contribution in [1.82, 2.24) is 10.2 Å². The minimum Gasteiger partial charge on any atom is -0.396 e. The Hall–Kier alpha value is -1.64. The average molecular weight is 325 g/mol. The molecule has 4 N–H and O–H groups in total. The maximum atomic E-state index is 13.6. The van der Waals surface area contributed by atoms with E-state index < -0.39 is 18.1 Å². The van der Waals surface area contributed by atoms with E-state index in [-0.39, 0.29) is 16.6 Å². The smallest absolute Gasteiger partial charge is 0.247 e. The van der Waals surface area contributed by atoms with Crippen molar-refractivity contribution in [3.8, 4) is 0 Å². The first-order valence-electron chi connectivity index (χ1n) is 6.34. The number of nitrogens with two attached hydrogens (primary N) is 1. The number of hydrogen-bond donors (Lipinski definition) is 3. The lowest BCUT2D eigenvalue weighted by Crippen LogP contribution is -2.53. The molecule has 2 atom stereocenters. The quantitative estimate of drug-likeness (QED) is 0.528. The van der Waals surface area contributed by atoms with Gasteiger partial charge in [0.15, 0.2) is 6.23 Å². The maximum absolute atomic E-state index is 13.6. The summed E-state index contributed by atoms with van der Waals surface area (Å²) in [5.41, 5.74) is 6.31. The van der Waals surface area contributed by atoms with Crippen molar-refractivity contribution >= 4 is 46.0 Å². The lowest BCUT2D eigenvalue weighted by atomic mass is 10.1. The fourth-order valence-electron chi connectivity index (χ4n) is 2.71. The van der Waals surface area contributed by atoms with Crippen LogP contribution < -0.4 is 11.1 Å². The number of carbonyl (C=O) groups excluding carboxylic acids is 1. The summed E-state index contributed by atoms with van der Waals surface area (Å²) in [7, 11) is 0. The van der Waals surface area contributed by atoms with Gasteiger partial charge in [0.1, 0.15) is 16.8 Å². The lowest BCUT2D eigenvalue weighted by Gasteiger charge is -2.34. The first-order chi connectivity index (χ1) is 9.91. The van der Waals surface area contributed by atoms with Crippen LogP contribution in [0.25, 0.3) is 0 Å². The zero-order chi connectivity index (χ0) is 15.3. The normalized spacial score (nSPS) is 25.0. The highest BCUT2D eigenvalue weighted by atomic mass is 32.1. The highest BCUT2D eigenvalue weighted by Gasteiger charge is 2.42. The minimum absolute atomic E-state index is 0.106. The molecule has 3 rings (SSSR count). The second kappa shape index (κ2) is 4.97. The second-order valence-corrected chi connectivity index (χ2v) is 5.86. The molecule has 1 saturated heterocycles. The maximum Gasteiger partial charge on any atom is 0.247 e. The molecule has 0 spiro atoms. The zero-order valence-electron chi connectivity index (χ0n) is 10.8. The third-order valence-electron chi connectivity index (χ3n) is 3.76.